The van der Waals surface area contributed by atoms with Crippen LogP contribution in [-0.2, 0) is 9.53 Å². The molecule has 1 saturated heterocycles. The van der Waals surface area contributed by atoms with Gasteiger partial charge in [-0.05, 0) is 130 Å². The number of aliphatic hydroxyl groups excluding tert-OH is 1. The summed E-state index contributed by atoms with van der Waals surface area (Å²) < 4.78 is 5.03. The Balaban J connectivity index is 1.21. The summed E-state index contributed by atoms with van der Waals surface area (Å²) in [6.45, 7) is 14.5. The van der Waals surface area contributed by atoms with Crippen molar-refractivity contribution in [1.82, 2.24) is 10.2 Å². The minimum Gasteiger partial charge on any atom is -0.469 e. The van der Waals surface area contributed by atoms with Crippen LogP contribution in [0.1, 0.15) is 105 Å². The number of likely N-dealkylation sites (tertiary alicyclic amines) is 1. The number of nitrogens with zero attached hydrogens (tertiary/aromatic N) is 1. The lowest BCUT2D eigenvalue weighted by Gasteiger charge is -2.62. The zero-order valence-electron chi connectivity index (χ0n) is 25.2. The fraction of sp³-hybridized carbons (Fsp3) is 0.970. The van der Waals surface area contributed by atoms with Gasteiger partial charge >= 0.3 is 5.97 Å². The standard InChI is InChI=1S/C33H58N2O3/c1-22(19-23(2)31(37)38-5)26-9-10-27-30-28(12-14-33(26,27)4)32(3)13-11-25(20-24(32)21-29(30)36)34-15-18-35-16-7-6-8-17-35/h22-30,34,36H,6-21H2,1-5H3/t22-,23?,24+,25-,26?,27?,28?,29-,30?,32+,33-/m1/s1. The number of piperidine rings is 1. The van der Waals surface area contributed by atoms with Crippen molar-refractivity contribution in [3.05, 3.63) is 0 Å². The van der Waals surface area contributed by atoms with Gasteiger partial charge in [-0.25, -0.2) is 0 Å². The van der Waals surface area contributed by atoms with Crippen molar-refractivity contribution in [2.75, 3.05) is 33.3 Å². The molecule has 38 heavy (non-hydrogen) atoms. The fourth-order valence-electron chi connectivity index (χ4n) is 11.0. The van der Waals surface area contributed by atoms with Crippen molar-refractivity contribution in [1.29, 1.82) is 0 Å². The van der Waals surface area contributed by atoms with Crippen LogP contribution in [0.5, 0.6) is 0 Å². The largest absolute Gasteiger partial charge is 0.469 e. The molecule has 1 heterocycles. The zero-order valence-corrected chi connectivity index (χ0v) is 25.2. The summed E-state index contributed by atoms with van der Waals surface area (Å²) in [4.78, 5) is 14.8. The molecule has 5 nitrogen and oxygen atoms in total. The van der Waals surface area contributed by atoms with Gasteiger partial charge in [0.15, 0.2) is 0 Å². The fourth-order valence-corrected chi connectivity index (χ4v) is 11.0. The Morgan fingerprint density at radius 3 is 2.45 bits per heavy atom. The highest BCUT2D eigenvalue weighted by molar-refractivity contribution is 5.71. The number of ether oxygens (including phenoxy) is 1. The van der Waals surface area contributed by atoms with Crippen LogP contribution in [0.2, 0.25) is 0 Å². The van der Waals surface area contributed by atoms with E-state index < -0.39 is 0 Å². The second-order valence-electron chi connectivity index (χ2n) is 15.0. The Bertz CT molecular complexity index is 814. The highest BCUT2D eigenvalue weighted by atomic mass is 16.5. The van der Waals surface area contributed by atoms with Gasteiger partial charge < -0.3 is 20.1 Å². The first-order valence-electron chi connectivity index (χ1n) is 16.4. The van der Waals surface area contributed by atoms with Gasteiger partial charge in [-0.3, -0.25) is 4.79 Å². The number of nitrogens with one attached hydrogen (secondary N) is 1. The lowest BCUT2D eigenvalue weighted by molar-refractivity contribution is -0.167. The number of hydrogen-bond acceptors (Lipinski definition) is 5. The Hall–Kier alpha value is -0.650. The van der Waals surface area contributed by atoms with Crippen molar-refractivity contribution < 1.29 is 14.6 Å². The summed E-state index contributed by atoms with van der Waals surface area (Å²) in [5.41, 5.74) is 0.688. The molecule has 0 bridgehead atoms. The molecule has 0 spiro atoms. The molecule has 5 heteroatoms. The van der Waals surface area contributed by atoms with Crippen molar-refractivity contribution in [2.45, 2.75) is 117 Å². The third-order valence-corrected chi connectivity index (χ3v) is 13.1. The van der Waals surface area contributed by atoms with Crippen LogP contribution in [-0.4, -0.2) is 61.4 Å². The van der Waals surface area contributed by atoms with E-state index in [-0.39, 0.29) is 18.0 Å². The zero-order chi connectivity index (χ0) is 27.1. The van der Waals surface area contributed by atoms with Crippen molar-refractivity contribution in [3.63, 3.8) is 0 Å². The molecule has 0 aromatic heterocycles. The summed E-state index contributed by atoms with van der Waals surface area (Å²) in [6, 6.07) is 0.629. The molecule has 11 atom stereocenters. The maximum Gasteiger partial charge on any atom is 0.308 e. The van der Waals surface area contributed by atoms with Crippen LogP contribution in [0.15, 0.2) is 0 Å². The molecule has 5 rings (SSSR count). The van der Waals surface area contributed by atoms with Crippen LogP contribution < -0.4 is 5.32 Å². The van der Waals surface area contributed by atoms with Gasteiger partial charge in [-0.15, -0.1) is 0 Å². The van der Waals surface area contributed by atoms with Crippen LogP contribution in [0, 0.1) is 52.3 Å². The molecule has 4 saturated carbocycles. The quantitative estimate of drug-likeness (QED) is 0.383. The maximum atomic E-state index is 12.1. The summed E-state index contributed by atoms with van der Waals surface area (Å²) in [5, 5.41) is 15.7. The number of rotatable bonds is 8. The number of hydrogen-bond donors (Lipinski definition) is 2. The van der Waals surface area contributed by atoms with Crippen LogP contribution >= 0.6 is 0 Å². The summed E-state index contributed by atoms with van der Waals surface area (Å²) in [5.74, 6) is 3.50. The molecular weight excluding hydrogens is 472 g/mol. The Morgan fingerprint density at radius 2 is 1.71 bits per heavy atom. The molecular formula is C33H58N2O3. The molecule has 0 aromatic carbocycles. The second-order valence-corrected chi connectivity index (χ2v) is 15.0. The van der Waals surface area contributed by atoms with E-state index in [1.165, 1.54) is 91.0 Å². The number of methoxy groups -OCH3 is 1. The van der Waals surface area contributed by atoms with Crippen molar-refractivity contribution in [2.24, 2.45) is 52.3 Å². The molecule has 5 fully saturated rings. The number of fused-ring (bicyclic) bond motifs is 5. The van der Waals surface area contributed by atoms with E-state index in [1.54, 1.807) is 0 Å². The topological polar surface area (TPSA) is 61.8 Å². The van der Waals surface area contributed by atoms with Crippen LogP contribution in [0.3, 0.4) is 0 Å². The molecule has 0 aromatic rings. The van der Waals surface area contributed by atoms with Crippen LogP contribution in [0.4, 0.5) is 0 Å². The van der Waals surface area contributed by atoms with Crippen LogP contribution in [0.25, 0.3) is 0 Å². The van der Waals surface area contributed by atoms with Crippen molar-refractivity contribution in [3.8, 4) is 0 Å². The van der Waals surface area contributed by atoms with E-state index in [4.69, 9.17) is 4.74 Å². The third kappa shape index (κ3) is 5.34. The Morgan fingerprint density at radius 1 is 1.00 bits per heavy atom. The van der Waals surface area contributed by atoms with Gasteiger partial charge in [0, 0.05) is 19.1 Å². The summed E-state index contributed by atoms with van der Waals surface area (Å²) in [7, 11) is 1.51. The van der Waals surface area contributed by atoms with Gasteiger partial charge in [0.2, 0.25) is 0 Å². The first-order valence-corrected chi connectivity index (χ1v) is 16.4. The molecule has 218 valence electrons. The first kappa shape index (κ1) is 28.9. The van der Waals surface area contributed by atoms with Gasteiger partial charge in [0.1, 0.15) is 0 Å². The minimum absolute atomic E-state index is 0.0300. The molecule has 0 amide bonds. The van der Waals surface area contributed by atoms with E-state index in [9.17, 15) is 9.90 Å². The molecule has 2 N–H and O–H groups in total. The lowest BCUT2D eigenvalue weighted by atomic mass is 9.43. The van der Waals surface area contributed by atoms with Gasteiger partial charge in [0.25, 0.3) is 0 Å². The second kappa shape index (κ2) is 11.7. The maximum absolute atomic E-state index is 12.1. The van der Waals surface area contributed by atoms with Gasteiger partial charge in [0.05, 0.1) is 19.1 Å². The number of esters is 1. The highest BCUT2D eigenvalue weighted by Gasteiger charge is 2.62. The predicted octanol–water partition coefficient (Wildman–Crippen LogP) is 5.90. The Kier molecular flexibility index (Phi) is 8.88. The van der Waals surface area contributed by atoms with Crippen molar-refractivity contribution >= 4 is 5.97 Å². The smallest absolute Gasteiger partial charge is 0.308 e. The van der Waals surface area contributed by atoms with Gasteiger partial charge in [-0.2, -0.15) is 0 Å². The highest BCUT2D eigenvalue weighted by Crippen LogP contribution is 2.68. The number of carbonyl (C=O) groups is 1. The third-order valence-electron chi connectivity index (χ3n) is 13.1. The van der Waals surface area contributed by atoms with E-state index in [1.807, 2.05) is 6.92 Å². The van der Waals surface area contributed by atoms with E-state index in [2.05, 4.69) is 31.0 Å². The average Bonchev–Trinajstić information content (AvgIpc) is 3.26. The van der Waals surface area contributed by atoms with E-state index in [0.29, 0.717) is 52.4 Å². The number of aliphatic hydroxyl groups is 1. The molecule has 1 aliphatic heterocycles. The molecule has 5 aliphatic rings. The summed E-state index contributed by atoms with van der Waals surface area (Å²) >= 11 is 0. The van der Waals surface area contributed by atoms with E-state index in [0.717, 1.165) is 19.4 Å². The first-order chi connectivity index (χ1) is 18.2. The SMILES string of the molecule is COC(=O)C(C)C[C@@H](C)C1CCC2C3C(CC[C@@]21C)[C@@]1(C)CC[C@@H](NCCN2CCCCC2)C[C@H]1C[C@H]3O. The average molecular weight is 531 g/mol. The van der Waals surface area contributed by atoms with Gasteiger partial charge in [-0.1, -0.05) is 34.1 Å². The lowest BCUT2D eigenvalue weighted by Crippen LogP contribution is -2.59. The minimum atomic E-state index is -0.141. The number of carbonyl (C=O) groups excluding carboxylic acids is 1. The Labute approximate surface area is 233 Å². The molecule has 4 aliphatic carbocycles. The normalized spacial score (nSPS) is 44.9. The molecule has 0 radical (unpaired) electrons. The molecule has 5 unspecified atom stereocenters. The monoisotopic (exact) mass is 530 g/mol. The summed E-state index contributed by atoms with van der Waals surface area (Å²) in [6.07, 6.45) is 14.9. The predicted molar refractivity (Wildman–Crippen MR) is 154 cm³/mol. The van der Waals surface area contributed by atoms with E-state index >= 15 is 0 Å².